The van der Waals surface area contributed by atoms with Gasteiger partial charge in [0.1, 0.15) is 11.5 Å². The van der Waals surface area contributed by atoms with Crippen molar-refractivity contribution in [3.8, 4) is 11.5 Å². The van der Waals surface area contributed by atoms with Crippen LogP contribution in [0, 0.1) is 0 Å². The zero-order valence-corrected chi connectivity index (χ0v) is 13.5. The Kier molecular flexibility index (Phi) is 6.12. The van der Waals surface area contributed by atoms with E-state index in [9.17, 15) is 13.6 Å². The van der Waals surface area contributed by atoms with Crippen molar-refractivity contribution in [3.63, 3.8) is 0 Å². The summed E-state index contributed by atoms with van der Waals surface area (Å²) < 4.78 is 33.6. The molecule has 0 heterocycles. The van der Waals surface area contributed by atoms with Gasteiger partial charge in [-0.25, -0.2) is 0 Å². The maximum atomic E-state index is 12.1. The zero-order valence-electron chi connectivity index (χ0n) is 13.5. The smallest absolute Gasteiger partial charge is 0.387 e. The molecule has 0 radical (unpaired) electrons. The zero-order chi connectivity index (χ0) is 17.5. The van der Waals surface area contributed by atoms with Crippen molar-refractivity contribution < 1.29 is 23.0 Å². The molecule has 1 amide bonds. The van der Waals surface area contributed by atoms with Crippen LogP contribution in [0.4, 0.5) is 8.78 Å². The third-order valence-electron chi connectivity index (χ3n) is 3.51. The fourth-order valence-corrected chi connectivity index (χ4v) is 2.24. The van der Waals surface area contributed by atoms with E-state index in [0.717, 1.165) is 16.9 Å². The van der Waals surface area contributed by atoms with Crippen LogP contribution < -0.4 is 14.8 Å². The van der Waals surface area contributed by atoms with E-state index in [2.05, 4.69) is 10.1 Å². The van der Waals surface area contributed by atoms with Crippen molar-refractivity contribution in [3.05, 3.63) is 59.7 Å². The lowest BCUT2D eigenvalue weighted by Gasteiger charge is -2.15. The summed E-state index contributed by atoms with van der Waals surface area (Å²) in [6.07, 6.45) is 0.251. The molecule has 0 bridgehead atoms. The maximum absolute atomic E-state index is 12.1. The lowest BCUT2D eigenvalue weighted by Crippen LogP contribution is -2.28. The van der Waals surface area contributed by atoms with Gasteiger partial charge in [-0.15, -0.1) is 0 Å². The van der Waals surface area contributed by atoms with Gasteiger partial charge in [0.2, 0.25) is 5.91 Å². The van der Waals surface area contributed by atoms with E-state index < -0.39 is 6.61 Å². The highest BCUT2D eigenvalue weighted by molar-refractivity contribution is 5.79. The molecule has 0 saturated heterocycles. The Hall–Kier alpha value is -2.63. The third-order valence-corrected chi connectivity index (χ3v) is 3.51. The van der Waals surface area contributed by atoms with Gasteiger partial charge >= 0.3 is 6.61 Å². The van der Waals surface area contributed by atoms with Gasteiger partial charge in [-0.05, 0) is 42.3 Å². The molecule has 2 rings (SSSR count). The fraction of sp³-hybridized carbons (Fsp3) is 0.278. The first kappa shape index (κ1) is 17.7. The summed E-state index contributed by atoms with van der Waals surface area (Å²) in [6.45, 7) is -1.02. The topological polar surface area (TPSA) is 47.6 Å². The van der Waals surface area contributed by atoms with Gasteiger partial charge in [-0.1, -0.05) is 24.3 Å². The first-order chi connectivity index (χ1) is 11.5. The molecule has 24 heavy (non-hydrogen) atoms. The van der Waals surface area contributed by atoms with Crippen molar-refractivity contribution in [1.82, 2.24) is 5.32 Å². The summed E-state index contributed by atoms with van der Waals surface area (Å²) in [7, 11) is 1.58. The first-order valence-electron chi connectivity index (χ1n) is 7.45. The normalized spacial score (nSPS) is 11.9. The van der Waals surface area contributed by atoms with E-state index in [4.69, 9.17) is 4.74 Å². The van der Waals surface area contributed by atoms with Crippen LogP contribution in [0.15, 0.2) is 48.5 Å². The minimum atomic E-state index is -2.85. The predicted molar refractivity (Wildman–Crippen MR) is 86.3 cm³/mol. The molecule has 0 saturated carbocycles. The first-order valence-corrected chi connectivity index (χ1v) is 7.45. The van der Waals surface area contributed by atoms with Crippen molar-refractivity contribution in [2.45, 2.75) is 26.0 Å². The summed E-state index contributed by atoms with van der Waals surface area (Å²) in [5.41, 5.74) is 1.68. The van der Waals surface area contributed by atoms with E-state index in [1.165, 1.54) is 12.1 Å². The number of amides is 1. The number of alkyl halides is 2. The second kappa shape index (κ2) is 8.29. The number of hydrogen-bond donors (Lipinski definition) is 1. The monoisotopic (exact) mass is 335 g/mol. The van der Waals surface area contributed by atoms with E-state index in [1.807, 2.05) is 19.1 Å². The highest BCUT2D eigenvalue weighted by Gasteiger charge is 2.11. The molecule has 0 unspecified atom stereocenters. The van der Waals surface area contributed by atoms with Crippen molar-refractivity contribution >= 4 is 5.91 Å². The van der Waals surface area contributed by atoms with Crippen LogP contribution in [-0.2, 0) is 11.2 Å². The average molecular weight is 335 g/mol. The number of halogens is 2. The van der Waals surface area contributed by atoms with Gasteiger partial charge in [-0.3, -0.25) is 4.79 Å². The van der Waals surface area contributed by atoms with Crippen LogP contribution >= 0.6 is 0 Å². The second-order valence-electron chi connectivity index (χ2n) is 5.26. The SMILES string of the molecule is COc1ccc(CC(=O)N[C@H](C)c2ccc(OC(F)F)cc2)cc1. The summed E-state index contributed by atoms with van der Waals surface area (Å²) in [6, 6.07) is 13.2. The highest BCUT2D eigenvalue weighted by atomic mass is 19.3. The van der Waals surface area contributed by atoms with Gasteiger partial charge in [0.25, 0.3) is 0 Å². The Labute approximate surface area is 139 Å². The van der Waals surface area contributed by atoms with Crippen LogP contribution in [0.25, 0.3) is 0 Å². The fourth-order valence-electron chi connectivity index (χ4n) is 2.24. The molecule has 0 aliphatic carbocycles. The van der Waals surface area contributed by atoms with Gasteiger partial charge in [0.15, 0.2) is 0 Å². The Morgan fingerprint density at radius 2 is 1.62 bits per heavy atom. The number of carbonyl (C=O) groups is 1. The van der Waals surface area contributed by atoms with Crippen molar-refractivity contribution in [2.75, 3.05) is 7.11 Å². The molecule has 0 fully saturated rings. The number of rotatable bonds is 7. The molecule has 0 aliphatic rings. The second-order valence-corrected chi connectivity index (χ2v) is 5.26. The summed E-state index contributed by atoms with van der Waals surface area (Å²) >= 11 is 0. The Morgan fingerprint density at radius 1 is 1.04 bits per heavy atom. The predicted octanol–water partition coefficient (Wildman–Crippen LogP) is 3.72. The molecule has 0 spiro atoms. The van der Waals surface area contributed by atoms with Gasteiger partial charge in [0, 0.05) is 0 Å². The molecule has 128 valence electrons. The maximum Gasteiger partial charge on any atom is 0.387 e. The summed E-state index contributed by atoms with van der Waals surface area (Å²) in [5, 5.41) is 2.87. The molecule has 1 N–H and O–H groups in total. The molecular weight excluding hydrogens is 316 g/mol. The van der Waals surface area contributed by atoms with E-state index in [-0.39, 0.29) is 24.1 Å². The average Bonchev–Trinajstić information content (AvgIpc) is 2.55. The van der Waals surface area contributed by atoms with Crippen LogP contribution in [-0.4, -0.2) is 19.6 Å². The molecule has 4 nitrogen and oxygen atoms in total. The molecule has 0 aromatic heterocycles. The largest absolute Gasteiger partial charge is 0.497 e. The van der Waals surface area contributed by atoms with Crippen LogP contribution in [0.5, 0.6) is 11.5 Å². The van der Waals surface area contributed by atoms with Gasteiger partial charge in [-0.2, -0.15) is 8.78 Å². The van der Waals surface area contributed by atoms with Crippen molar-refractivity contribution in [1.29, 1.82) is 0 Å². The Bertz CT molecular complexity index is 657. The standard InChI is InChI=1S/C18H19F2NO3/c1-12(14-5-9-16(10-6-14)24-18(19)20)21-17(22)11-13-3-7-15(23-2)8-4-13/h3-10,12,18H,11H2,1-2H3,(H,21,22)/t12-/m1/s1. The summed E-state index contributed by atoms with van der Waals surface area (Å²) in [4.78, 5) is 12.1. The molecule has 2 aromatic carbocycles. The Morgan fingerprint density at radius 3 is 2.17 bits per heavy atom. The van der Waals surface area contributed by atoms with Crippen molar-refractivity contribution in [2.24, 2.45) is 0 Å². The molecule has 0 aliphatic heterocycles. The van der Waals surface area contributed by atoms with E-state index >= 15 is 0 Å². The van der Waals surface area contributed by atoms with Gasteiger partial charge < -0.3 is 14.8 Å². The molecule has 6 heteroatoms. The summed E-state index contributed by atoms with van der Waals surface area (Å²) in [5.74, 6) is 0.699. The number of nitrogens with one attached hydrogen (secondary N) is 1. The van der Waals surface area contributed by atoms with Gasteiger partial charge in [0.05, 0.1) is 19.6 Å². The molecule has 2 aromatic rings. The lowest BCUT2D eigenvalue weighted by molar-refractivity contribution is -0.121. The lowest BCUT2D eigenvalue weighted by atomic mass is 10.1. The van der Waals surface area contributed by atoms with Crippen LogP contribution in [0.1, 0.15) is 24.1 Å². The number of benzene rings is 2. The van der Waals surface area contributed by atoms with E-state index in [1.54, 1.807) is 31.4 Å². The highest BCUT2D eigenvalue weighted by Crippen LogP contribution is 2.19. The third kappa shape index (κ3) is 5.22. The number of carbonyl (C=O) groups excluding carboxylic acids is 1. The number of ether oxygens (including phenoxy) is 2. The molecule has 1 atom stereocenters. The van der Waals surface area contributed by atoms with Crippen LogP contribution in [0.3, 0.4) is 0 Å². The quantitative estimate of drug-likeness (QED) is 0.839. The van der Waals surface area contributed by atoms with E-state index in [0.29, 0.717) is 0 Å². The minimum Gasteiger partial charge on any atom is -0.497 e. The number of methoxy groups -OCH3 is 1. The van der Waals surface area contributed by atoms with Crippen LogP contribution in [0.2, 0.25) is 0 Å². The minimum absolute atomic E-state index is 0.0884. The number of hydrogen-bond acceptors (Lipinski definition) is 3. The Balaban J connectivity index is 1.90. The molecular formula is C18H19F2NO3.